The maximum atomic E-state index is 11.9. The fourth-order valence-corrected chi connectivity index (χ4v) is 2.60. The maximum absolute atomic E-state index is 11.9. The summed E-state index contributed by atoms with van der Waals surface area (Å²) in [5.41, 5.74) is 3.64. The first kappa shape index (κ1) is 13.4. The number of anilines is 1. The van der Waals surface area contributed by atoms with Crippen LogP contribution in [-0.4, -0.2) is 33.5 Å². The molecule has 108 valence electrons. The van der Waals surface area contributed by atoms with Crippen LogP contribution in [0.3, 0.4) is 0 Å². The van der Waals surface area contributed by atoms with Crippen LogP contribution in [0.15, 0.2) is 24.3 Å². The first-order valence-electron chi connectivity index (χ1n) is 6.66. The number of rotatable bonds is 2. The van der Waals surface area contributed by atoms with Gasteiger partial charge in [-0.2, -0.15) is 5.10 Å². The molecule has 2 heterocycles. The second kappa shape index (κ2) is 4.73. The molecule has 6 heteroatoms. The SMILES string of the molecule is CC(=O)Nc1cc(-c2ccc3c(c2)CN(C)C3=O)n(C)n1. The highest BCUT2D eigenvalue weighted by Crippen LogP contribution is 2.28. The molecule has 0 aliphatic carbocycles. The van der Waals surface area contributed by atoms with Crippen molar-refractivity contribution in [1.82, 2.24) is 14.7 Å². The molecule has 0 unspecified atom stereocenters. The molecule has 2 amide bonds. The van der Waals surface area contributed by atoms with Gasteiger partial charge in [-0.1, -0.05) is 6.07 Å². The summed E-state index contributed by atoms with van der Waals surface area (Å²) in [4.78, 5) is 24.7. The Morgan fingerprint density at radius 2 is 2.05 bits per heavy atom. The molecule has 0 saturated heterocycles. The smallest absolute Gasteiger partial charge is 0.254 e. The molecule has 1 aromatic heterocycles. The van der Waals surface area contributed by atoms with Gasteiger partial charge in [-0.3, -0.25) is 14.3 Å². The van der Waals surface area contributed by atoms with E-state index >= 15 is 0 Å². The number of nitrogens with zero attached hydrogens (tertiary/aromatic N) is 3. The Bertz CT molecular complexity index is 748. The van der Waals surface area contributed by atoms with E-state index in [4.69, 9.17) is 0 Å². The van der Waals surface area contributed by atoms with Crippen LogP contribution < -0.4 is 5.32 Å². The largest absolute Gasteiger partial charge is 0.337 e. The molecule has 21 heavy (non-hydrogen) atoms. The quantitative estimate of drug-likeness (QED) is 0.911. The van der Waals surface area contributed by atoms with Crippen LogP contribution in [0.1, 0.15) is 22.8 Å². The molecular formula is C15H16N4O2. The van der Waals surface area contributed by atoms with E-state index in [-0.39, 0.29) is 11.8 Å². The predicted molar refractivity (Wildman–Crippen MR) is 78.7 cm³/mol. The van der Waals surface area contributed by atoms with E-state index < -0.39 is 0 Å². The minimum atomic E-state index is -0.152. The minimum Gasteiger partial charge on any atom is -0.337 e. The van der Waals surface area contributed by atoms with E-state index in [0.29, 0.717) is 12.4 Å². The maximum Gasteiger partial charge on any atom is 0.254 e. The number of hydrogen-bond acceptors (Lipinski definition) is 3. The normalized spacial score (nSPS) is 13.5. The third kappa shape index (κ3) is 2.29. The number of amides is 2. The van der Waals surface area contributed by atoms with Crippen LogP contribution in [0.25, 0.3) is 11.3 Å². The van der Waals surface area contributed by atoms with Crippen molar-refractivity contribution in [1.29, 1.82) is 0 Å². The van der Waals surface area contributed by atoms with Crippen molar-refractivity contribution in [3.63, 3.8) is 0 Å². The van der Waals surface area contributed by atoms with Gasteiger partial charge in [-0.05, 0) is 17.7 Å². The molecule has 0 saturated carbocycles. The molecule has 6 nitrogen and oxygen atoms in total. The van der Waals surface area contributed by atoms with Crippen molar-refractivity contribution < 1.29 is 9.59 Å². The average molecular weight is 284 g/mol. The van der Waals surface area contributed by atoms with Crippen LogP contribution in [0.5, 0.6) is 0 Å². The molecule has 1 N–H and O–H groups in total. The summed E-state index contributed by atoms with van der Waals surface area (Å²) in [5, 5.41) is 6.93. The Hall–Kier alpha value is -2.63. The number of aromatic nitrogens is 2. The van der Waals surface area contributed by atoms with Crippen LogP contribution in [0.2, 0.25) is 0 Å². The second-order valence-corrected chi connectivity index (χ2v) is 5.25. The first-order chi connectivity index (χ1) is 9.95. The number of hydrogen-bond donors (Lipinski definition) is 1. The van der Waals surface area contributed by atoms with Crippen molar-refractivity contribution >= 4 is 17.6 Å². The summed E-state index contributed by atoms with van der Waals surface area (Å²) >= 11 is 0. The monoisotopic (exact) mass is 284 g/mol. The van der Waals surface area contributed by atoms with E-state index in [2.05, 4.69) is 10.4 Å². The fraction of sp³-hybridized carbons (Fsp3) is 0.267. The third-order valence-electron chi connectivity index (χ3n) is 3.57. The summed E-state index contributed by atoms with van der Waals surface area (Å²) in [7, 11) is 3.62. The van der Waals surface area contributed by atoms with Crippen molar-refractivity contribution in [2.75, 3.05) is 12.4 Å². The van der Waals surface area contributed by atoms with Gasteiger partial charge in [-0.15, -0.1) is 0 Å². The number of fused-ring (bicyclic) bond motifs is 1. The third-order valence-corrected chi connectivity index (χ3v) is 3.57. The van der Waals surface area contributed by atoms with Gasteiger partial charge in [0.1, 0.15) is 0 Å². The zero-order valence-corrected chi connectivity index (χ0v) is 12.2. The summed E-state index contributed by atoms with van der Waals surface area (Å²) < 4.78 is 1.72. The van der Waals surface area contributed by atoms with Crippen LogP contribution >= 0.6 is 0 Å². The lowest BCUT2D eigenvalue weighted by molar-refractivity contribution is -0.114. The zero-order chi connectivity index (χ0) is 15.1. The van der Waals surface area contributed by atoms with Crippen LogP contribution in [0, 0.1) is 0 Å². The molecule has 0 atom stereocenters. The van der Waals surface area contributed by atoms with E-state index in [9.17, 15) is 9.59 Å². The standard InChI is InChI=1S/C15H16N4O2/c1-9(20)16-14-7-13(19(3)17-14)10-4-5-12-11(6-10)8-18(2)15(12)21/h4-7H,8H2,1-3H3,(H,16,17,20). The molecule has 1 aliphatic rings. The summed E-state index contributed by atoms with van der Waals surface area (Å²) in [6.07, 6.45) is 0. The number of carbonyl (C=O) groups excluding carboxylic acids is 2. The lowest BCUT2D eigenvalue weighted by Gasteiger charge is -2.04. The summed E-state index contributed by atoms with van der Waals surface area (Å²) in [5.74, 6) is 0.426. The molecule has 0 fully saturated rings. The molecule has 1 aromatic carbocycles. The van der Waals surface area contributed by atoms with Gasteiger partial charge >= 0.3 is 0 Å². The molecule has 0 bridgehead atoms. The fourth-order valence-electron chi connectivity index (χ4n) is 2.60. The Morgan fingerprint density at radius 3 is 2.76 bits per heavy atom. The van der Waals surface area contributed by atoms with Crippen LogP contribution in [0.4, 0.5) is 5.82 Å². The van der Waals surface area contributed by atoms with Gasteiger partial charge in [0.25, 0.3) is 5.91 Å². The molecule has 3 rings (SSSR count). The lowest BCUT2D eigenvalue weighted by Crippen LogP contribution is -2.17. The van der Waals surface area contributed by atoms with E-state index in [1.165, 1.54) is 6.92 Å². The van der Waals surface area contributed by atoms with E-state index in [1.807, 2.05) is 31.3 Å². The predicted octanol–water partition coefficient (Wildman–Crippen LogP) is 1.63. The first-order valence-corrected chi connectivity index (χ1v) is 6.66. The number of benzene rings is 1. The second-order valence-electron chi connectivity index (χ2n) is 5.25. The van der Waals surface area contributed by atoms with Gasteiger partial charge in [0.05, 0.1) is 5.69 Å². The molecular weight excluding hydrogens is 268 g/mol. The molecule has 2 aromatic rings. The molecule has 0 spiro atoms. The Labute approximate surface area is 122 Å². The van der Waals surface area contributed by atoms with Crippen molar-refractivity contribution in [3.05, 3.63) is 35.4 Å². The summed E-state index contributed by atoms with van der Waals surface area (Å²) in [6, 6.07) is 7.58. The number of aryl methyl sites for hydroxylation is 1. The summed E-state index contributed by atoms with van der Waals surface area (Å²) in [6.45, 7) is 2.07. The topological polar surface area (TPSA) is 67.2 Å². The molecule has 0 radical (unpaired) electrons. The van der Waals surface area contributed by atoms with Crippen LogP contribution in [-0.2, 0) is 18.4 Å². The zero-order valence-electron chi connectivity index (χ0n) is 12.2. The Morgan fingerprint density at radius 1 is 1.29 bits per heavy atom. The Balaban J connectivity index is 1.99. The van der Waals surface area contributed by atoms with Gasteiger partial charge < -0.3 is 10.2 Å². The van der Waals surface area contributed by atoms with Gasteiger partial charge in [0, 0.05) is 44.8 Å². The molecule has 1 aliphatic heterocycles. The number of carbonyl (C=O) groups is 2. The van der Waals surface area contributed by atoms with Crippen molar-refractivity contribution in [3.8, 4) is 11.3 Å². The van der Waals surface area contributed by atoms with E-state index in [0.717, 1.165) is 22.4 Å². The van der Waals surface area contributed by atoms with Gasteiger partial charge in [0.15, 0.2) is 5.82 Å². The highest BCUT2D eigenvalue weighted by Gasteiger charge is 2.24. The number of nitrogens with one attached hydrogen (secondary N) is 1. The highest BCUT2D eigenvalue weighted by molar-refractivity contribution is 5.98. The van der Waals surface area contributed by atoms with Gasteiger partial charge in [-0.25, -0.2) is 0 Å². The van der Waals surface area contributed by atoms with E-state index in [1.54, 1.807) is 16.6 Å². The lowest BCUT2D eigenvalue weighted by atomic mass is 10.0. The average Bonchev–Trinajstić information content (AvgIpc) is 2.90. The van der Waals surface area contributed by atoms with Crippen molar-refractivity contribution in [2.24, 2.45) is 7.05 Å². The highest BCUT2D eigenvalue weighted by atomic mass is 16.2. The minimum absolute atomic E-state index is 0.0560. The Kier molecular flexibility index (Phi) is 3.01. The van der Waals surface area contributed by atoms with Gasteiger partial charge in [0.2, 0.25) is 5.91 Å². The van der Waals surface area contributed by atoms with Crippen molar-refractivity contribution in [2.45, 2.75) is 13.5 Å².